The molecule has 0 aliphatic rings. The van der Waals surface area contributed by atoms with E-state index in [2.05, 4.69) is 15.3 Å². The van der Waals surface area contributed by atoms with Crippen LogP contribution >= 0.6 is 0 Å². The fraction of sp³-hybridized carbons (Fsp3) is 0.0909. The highest BCUT2D eigenvalue weighted by atomic mass is 19.1. The summed E-state index contributed by atoms with van der Waals surface area (Å²) in [4.78, 5) is 19.6. The number of pyridine rings is 1. The molecule has 146 valence electrons. The molecule has 29 heavy (non-hydrogen) atoms. The Morgan fingerprint density at radius 2 is 1.90 bits per heavy atom. The number of hydrogen-bond donors (Lipinski definition) is 2. The van der Waals surface area contributed by atoms with Gasteiger partial charge in [0.15, 0.2) is 11.5 Å². The van der Waals surface area contributed by atoms with Gasteiger partial charge in [0.2, 0.25) is 0 Å². The highest BCUT2D eigenvalue weighted by Crippen LogP contribution is 2.31. The van der Waals surface area contributed by atoms with E-state index < -0.39 is 0 Å². The molecule has 2 aromatic heterocycles. The molecule has 0 atom stereocenters. The van der Waals surface area contributed by atoms with Gasteiger partial charge in [0.05, 0.1) is 7.11 Å². The van der Waals surface area contributed by atoms with Crippen LogP contribution in [0.1, 0.15) is 16.1 Å². The number of hydrogen-bond acceptors (Lipinski definition) is 4. The number of fused-ring (bicyclic) bond motifs is 1. The molecule has 0 fully saturated rings. The Balaban J connectivity index is 1.52. The van der Waals surface area contributed by atoms with Gasteiger partial charge in [-0.15, -0.1) is 0 Å². The van der Waals surface area contributed by atoms with Gasteiger partial charge in [0.1, 0.15) is 18.1 Å². The Labute approximate surface area is 166 Å². The molecule has 2 aromatic carbocycles. The highest BCUT2D eigenvalue weighted by Gasteiger charge is 2.13. The molecule has 0 saturated heterocycles. The molecule has 1 amide bonds. The van der Waals surface area contributed by atoms with Gasteiger partial charge in [-0.25, -0.2) is 4.39 Å². The normalized spacial score (nSPS) is 10.7. The van der Waals surface area contributed by atoms with Crippen molar-refractivity contribution in [1.29, 1.82) is 0 Å². The summed E-state index contributed by atoms with van der Waals surface area (Å²) in [6, 6.07) is 14.8. The zero-order valence-corrected chi connectivity index (χ0v) is 15.6. The number of nitrogens with zero attached hydrogens (tertiary/aromatic N) is 1. The maximum absolute atomic E-state index is 13.4. The average Bonchev–Trinajstić information content (AvgIpc) is 3.16. The summed E-state index contributed by atoms with van der Waals surface area (Å²) in [5.74, 6) is 0.362. The molecule has 0 aliphatic carbocycles. The summed E-state index contributed by atoms with van der Waals surface area (Å²) in [5, 5.41) is 3.44. The number of rotatable bonds is 6. The summed E-state index contributed by atoms with van der Waals surface area (Å²) < 4.78 is 24.5. The van der Waals surface area contributed by atoms with Gasteiger partial charge in [-0.05, 0) is 54.1 Å². The van der Waals surface area contributed by atoms with Gasteiger partial charge in [-0.1, -0.05) is 0 Å². The van der Waals surface area contributed by atoms with E-state index in [0.717, 1.165) is 5.56 Å². The zero-order chi connectivity index (χ0) is 20.2. The van der Waals surface area contributed by atoms with Crippen LogP contribution in [0.4, 0.5) is 10.1 Å². The molecule has 7 heteroatoms. The van der Waals surface area contributed by atoms with E-state index in [1.54, 1.807) is 49.8 Å². The smallest absolute Gasteiger partial charge is 0.272 e. The first-order valence-corrected chi connectivity index (χ1v) is 8.92. The summed E-state index contributed by atoms with van der Waals surface area (Å²) in [5.41, 5.74) is 2.53. The third-order valence-corrected chi connectivity index (χ3v) is 4.39. The van der Waals surface area contributed by atoms with Crippen molar-refractivity contribution in [2.24, 2.45) is 0 Å². The number of anilines is 1. The second-order valence-electron chi connectivity index (χ2n) is 6.38. The minimum absolute atomic E-state index is 0.334. The number of nitrogens with one attached hydrogen (secondary N) is 2. The molecule has 0 radical (unpaired) electrons. The molecule has 0 unspecified atom stereocenters. The first kappa shape index (κ1) is 18.5. The van der Waals surface area contributed by atoms with Crippen LogP contribution in [0.2, 0.25) is 0 Å². The van der Waals surface area contributed by atoms with Gasteiger partial charge >= 0.3 is 0 Å². The minimum Gasteiger partial charge on any atom is -0.493 e. The molecule has 0 saturated carbocycles. The van der Waals surface area contributed by atoms with E-state index in [4.69, 9.17) is 9.47 Å². The Bertz CT molecular complexity index is 1160. The van der Waals surface area contributed by atoms with E-state index in [1.165, 1.54) is 12.1 Å². The number of halogens is 1. The predicted molar refractivity (Wildman–Crippen MR) is 108 cm³/mol. The van der Waals surface area contributed by atoms with Gasteiger partial charge < -0.3 is 19.8 Å². The number of amides is 1. The van der Waals surface area contributed by atoms with Crippen LogP contribution in [0.25, 0.3) is 10.9 Å². The van der Waals surface area contributed by atoms with Crippen LogP contribution in [0, 0.1) is 5.82 Å². The van der Waals surface area contributed by atoms with Gasteiger partial charge in [-0.2, -0.15) is 0 Å². The molecular weight excluding hydrogens is 373 g/mol. The van der Waals surface area contributed by atoms with Crippen molar-refractivity contribution < 1.29 is 18.7 Å². The number of methoxy groups -OCH3 is 1. The number of ether oxygens (including phenoxy) is 2. The summed E-state index contributed by atoms with van der Waals surface area (Å²) in [7, 11) is 1.55. The van der Waals surface area contributed by atoms with Crippen LogP contribution in [0.15, 0.2) is 67.0 Å². The lowest BCUT2D eigenvalue weighted by atomic mass is 10.2. The van der Waals surface area contributed by atoms with E-state index >= 15 is 0 Å². The lowest BCUT2D eigenvalue weighted by Crippen LogP contribution is -2.12. The maximum Gasteiger partial charge on any atom is 0.272 e. The van der Waals surface area contributed by atoms with Crippen molar-refractivity contribution in [3.05, 3.63) is 84.1 Å². The molecule has 0 bridgehead atoms. The Hall–Kier alpha value is -3.87. The predicted octanol–water partition coefficient (Wildman–Crippen LogP) is 4.54. The summed E-state index contributed by atoms with van der Waals surface area (Å²) in [6.07, 6.45) is 3.39. The van der Waals surface area contributed by atoms with Crippen molar-refractivity contribution in [3.63, 3.8) is 0 Å². The Morgan fingerprint density at radius 3 is 2.69 bits per heavy atom. The number of H-pyrrole nitrogens is 1. The van der Waals surface area contributed by atoms with E-state index in [1.807, 2.05) is 12.1 Å². The Morgan fingerprint density at radius 1 is 1.07 bits per heavy atom. The fourth-order valence-electron chi connectivity index (χ4n) is 2.93. The molecule has 0 aliphatic heterocycles. The first-order valence-electron chi connectivity index (χ1n) is 8.92. The monoisotopic (exact) mass is 391 g/mol. The SMILES string of the molecule is COc1ccc(NC(=O)c2cc3cc(F)ccc3[nH]2)cc1OCc1ccncc1. The highest BCUT2D eigenvalue weighted by molar-refractivity contribution is 6.06. The van der Waals surface area contributed by atoms with Gasteiger partial charge in [0.25, 0.3) is 5.91 Å². The molecule has 0 spiro atoms. The minimum atomic E-state index is -0.352. The third-order valence-electron chi connectivity index (χ3n) is 4.39. The quantitative estimate of drug-likeness (QED) is 0.506. The number of carbonyl (C=O) groups is 1. The fourth-order valence-corrected chi connectivity index (χ4v) is 2.93. The van der Waals surface area contributed by atoms with Crippen molar-refractivity contribution in [3.8, 4) is 11.5 Å². The lowest BCUT2D eigenvalue weighted by molar-refractivity contribution is 0.102. The molecule has 6 nitrogen and oxygen atoms in total. The molecule has 4 aromatic rings. The second kappa shape index (κ2) is 8.02. The standard InChI is InChI=1S/C22H18FN3O3/c1-28-20-5-3-17(12-21(20)29-13-14-6-8-24-9-7-14)25-22(27)19-11-15-10-16(23)2-4-18(15)26-19/h2-12,26H,13H2,1H3,(H,25,27). The van der Waals surface area contributed by atoms with Crippen LogP contribution < -0.4 is 14.8 Å². The van der Waals surface area contributed by atoms with Crippen LogP contribution in [-0.4, -0.2) is 23.0 Å². The van der Waals surface area contributed by atoms with Crippen molar-refractivity contribution in [1.82, 2.24) is 9.97 Å². The number of aromatic nitrogens is 2. The number of carbonyl (C=O) groups excluding carboxylic acids is 1. The maximum atomic E-state index is 13.4. The number of benzene rings is 2. The Kier molecular flexibility index (Phi) is 5.11. The zero-order valence-electron chi connectivity index (χ0n) is 15.6. The molecule has 4 rings (SSSR count). The van der Waals surface area contributed by atoms with Crippen LogP contribution in [-0.2, 0) is 6.61 Å². The average molecular weight is 391 g/mol. The summed E-state index contributed by atoms with van der Waals surface area (Å²) >= 11 is 0. The first-order chi connectivity index (χ1) is 14.1. The molecule has 2 heterocycles. The number of aromatic amines is 1. The van der Waals surface area contributed by atoms with Crippen molar-refractivity contribution in [2.75, 3.05) is 12.4 Å². The lowest BCUT2D eigenvalue weighted by Gasteiger charge is -2.13. The molecule has 2 N–H and O–H groups in total. The van der Waals surface area contributed by atoms with Gasteiger partial charge in [0, 0.05) is 35.1 Å². The summed E-state index contributed by atoms with van der Waals surface area (Å²) in [6.45, 7) is 0.337. The second-order valence-corrected chi connectivity index (χ2v) is 6.38. The van der Waals surface area contributed by atoms with E-state index in [9.17, 15) is 9.18 Å². The van der Waals surface area contributed by atoms with Gasteiger partial charge in [-0.3, -0.25) is 9.78 Å². The van der Waals surface area contributed by atoms with E-state index in [0.29, 0.717) is 40.4 Å². The van der Waals surface area contributed by atoms with E-state index in [-0.39, 0.29) is 11.7 Å². The largest absolute Gasteiger partial charge is 0.493 e. The third kappa shape index (κ3) is 4.19. The van der Waals surface area contributed by atoms with Crippen LogP contribution in [0.3, 0.4) is 0 Å². The van der Waals surface area contributed by atoms with Crippen molar-refractivity contribution >= 4 is 22.5 Å². The topological polar surface area (TPSA) is 76.2 Å². The van der Waals surface area contributed by atoms with Crippen molar-refractivity contribution in [2.45, 2.75) is 6.61 Å². The molecular formula is C22H18FN3O3. The van der Waals surface area contributed by atoms with Crippen LogP contribution in [0.5, 0.6) is 11.5 Å².